The van der Waals surface area contributed by atoms with E-state index >= 15 is 0 Å². The van der Waals surface area contributed by atoms with Gasteiger partial charge in [-0.05, 0) is 49.4 Å². The van der Waals surface area contributed by atoms with Crippen LogP contribution in [0.3, 0.4) is 0 Å². The molecule has 0 bridgehead atoms. The largest absolute Gasteiger partial charge is 0.271 e. The van der Waals surface area contributed by atoms with Crippen LogP contribution in [-0.2, 0) is 6.42 Å². The second-order valence-corrected chi connectivity index (χ2v) is 7.56. The van der Waals surface area contributed by atoms with Gasteiger partial charge in [-0.1, -0.05) is 6.07 Å². The van der Waals surface area contributed by atoms with Gasteiger partial charge in [0.2, 0.25) is 0 Å². The fourth-order valence-corrected chi connectivity index (χ4v) is 4.31. The van der Waals surface area contributed by atoms with E-state index in [0.717, 1.165) is 14.7 Å². The fraction of sp³-hybridized carbons (Fsp3) is 0.200. The van der Waals surface area contributed by atoms with Crippen molar-refractivity contribution in [1.82, 2.24) is 5.43 Å². The molecule has 1 unspecified atom stereocenters. The number of halogens is 2. The van der Waals surface area contributed by atoms with E-state index < -0.39 is 0 Å². The molecule has 3 N–H and O–H groups in total. The molecule has 2 aromatic heterocycles. The Bertz CT molecular complexity index is 434. The zero-order chi connectivity index (χ0) is 11.5. The molecule has 0 saturated carbocycles. The predicted octanol–water partition coefficient (Wildman–Crippen LogP) is 4.08. The van der Waals surface area contributed by atoms with Crippen molar-refractivity contribution < 1.29 is 0 Å². The molecule has 2 nitrogen and oxygen atoms in total. The molecular weight excluding hydrogens is 372 g/mol. The molecule has 0 aliphatic rings. The van der Waals surface area contributed by atoms with Gasteiger partial charge in [0.05, 0.1) is 9.83 Å². The summed E-state index contributed by atoms with van der Waals surface area (Å²) >= 11 is 10.4. The summed E-state index contributed by atoms with van der Waals surface area (Å²) in [5.41, 5.74) is 2.87. The summed E-state index contributed by atoms with van der Waals surface area (Å²) in [6, 6.07) is 6.47. The first-order valence-corrected chi connectivity index (χ1v) is 7.92. The van der Waals surface area contributed by atoms with Crippen molar-refractivity contribution in [1.29, 1.82) is 0 Å². The molecule has 0 aliphatic carbocycles. The Kier molecular flexibility index (Phi) is 4.57. The van der Waals surface area contributed by atoms with Crippen LogP contribution < -0.4 is 11.3 Å². The Labute approximate surface area is 119 Å². The fourth-order valence-electron chi connectivity index (χ4n) is 1.41. The van der Waals surface area contributed by atoms with E-state index in [-0.39, 0.29) is 6.04 Å². The third kappa shape index (κ3) is 2.94. The molecule has 0 radical (unpaired) electrons. The topological polar surface area (TPSA) is 38.0 Å². The van der Waals surface area contributed by atoms with Crippen molar-refractivity contribution in [3.8, 4) is 0 Å². The highest BCUT2D eigenvalue weighted by Gasteiger charge is 2.15. The maximum absolute atomic E-state index is 5.61. The zero-order valence-electron chi connectivity index (χ0n) is 8.24. The van der Waals surface area contributed by atoms with Crippen LogP contribution in [0.2, 0.25) is 0 Å². The average molecular weight is 382 g/mol. The van der Waals surface area contributed by atoms with Crippen molar-refractivity contribution in [2.45, 2.75) is 12.5 Å². The van der Waals surface area contributed by atoms with Gasteiger partial charge in [0.25, 0.3) is 0 Å². The molecule has 0 aromatic carbocycles. The molecule has 0 spiro atoms. The van der Waals surface area contributed by atoms with Crippen LogP contribution in [0.4, 0.5) is 0 Å². The quantitative estimate of drug-likeness (QED) is 0.618. The summed E-state index contributed by atoms with van der Waals surface area (Å²) in [6.45, 7) is 0. The average Bonchev–Trinajstić information content (AvgIpc) is 2.86. The first-order chi connectivity index (χ1) is 7.70. The van der Waals surface area contributed by atoms with E-state index in [4.69, 9.17) is 5.84 Å². The number of thiophene rings is 2. The summed E-state index contributed by atoms with van der Waals surface area (Å²) in [7, 11) is 0. The minimum Gasteiger partial charge on any atom is -0.271 e. The van der Waals surface area contributed by atoms with Crippen molar-refractivity contribution in [2.75, 3.05) is 0 Å². The Morgan fingerprint density at radius 2 is 2.25 bits per heavy atom. The Hall–Kier alpha value is 0.280. The van der Waals surface area contributed by atoms with Crippen LogP contribution in [0.25, 0.3) is 0 Å². The highest BCUT2D eigenvalue weighted by molar-refractivity contribution is 9.13. The number of nitrogens with two attached hydrogens (primary N) is 1. The van der Waals surface area contributed by atoms with Crippen molar-refractivity contribution >= 4 is 54.5 Å². The second-order valence-electron chi connectivity index (χ2n) is 3.27. The molecule has 2 heterocycles. The van der Waals surface area contributed by atoms with E-state index in [1.54, 1.807) is 22.7 Å². The smallest absolute Gasteiger partial charge is 0.0843 e. The highest BCUT2D eigenvalue weighted by Crippen LogP contribution is 2.36. The lowest BCUT2D eigenvalue weighted by Crippen LogP contribution is -2.28. The van der Waals surface area contributed by atoms with Gasteiger partial charge < -0.3 is 0 Å². The third-order valence-corrected chi connectivity index (χ3v) is 6.46. The lowest BCUT2D eigenvalue weighted by Gasteiger charge is -2.12. The third-order valence-electron chi connectivity index (χ3n) is 2.19. The van der Waals surface area contributed by atoms with Crippen molar-refractivity contribution in [2.24, 2.45) is 5.84 Å². The van der Waals surface area contributed by atoms with Gasteiger partial charge in [-0.15, -0.1) is 22.7 Å². The first kappa shape index (κ1) is 12.7. The van der Waals surface area contributed by atoms with Gasteiger partial charge in [-0.25, -0.2) is 0 Å². The summed E-state index contributed by atoms with van der Waals surface area (Å²) < 4.78 is 2.19. The van der Waals surface area contributed by atoms with Crippen molar-refractivity contribution in [3.63, 3.8) is 0 Å². The summed E-state index contributed by atoms with van der Waals surface area (Å²) in [4.78, 5) is 2.57. The Balaban J connectivity index is 2.16. The second kappa shape index (κ2) is 5.75. The number of nitrogens with one attached hydrogen (secondary N) is 1. The maximum atomic E-state index is 5.61. The number of hydrogen-bond donors (Lipinski definition) is 2. The van der Waals surface area contributed by atoms with Crippen LogP contribution >= 0.6 is 54.5 Å². The van der Waals surface area contributed by atoms with E-state index in [0.29, 0.717) is 0 Å². The highest BCUT2D eigenvalue weighted by atomic mass is 79.9. The normalized spacial score (nSPS) is 12.9. The minimum absolute atomic E-state index is 0.172. The van der Waals surface area contributed by atoms with E-state index in [1.165, 1.54) is 9.75 Å². The standard InChI is InChI=1S/C10H10Br2N2S2/c11-7-5-9(16-10(7)12)8(14-13)4-6-2-1-3-15-6/h1-3,5,8,14H,4,13H2. The minimum atomic E-state index is 0.172. The summed E-state index contributed by atoms with van der Waals surface area (Å²) in [6.07, 6.45) is 0.924. The molecule has 1 atom stereocenters. The Morgan fingerprint density at radius 1 is 1.44 bits per heavy atom. The van der Waals surface area contributed by atoms with E-state index in [9.17, 15) is 0 Å². The number of hydrogen-bond acceptors (Lipinski definition) is 4. The van der Waals surface area contributed by atoms with Crippen LogP contribution in [0.15, 0.2) is 31.8 Å². The first-order valence-electron chi connectivity index (χ1n) is 4.64. The lowest BCUT2D eigenvalue weighted by atomic mass is 10.1. The molecular formula is C10H10Br2N2S2. The number of hydrazine groups is 1. The van der Waals surface area contributed by atoms with E-state index in [1.807, 2.05) is 0 Å². The molecule has 16 heavy (non-hydrogen) atoms. The van der Waals surface area contributed by atoms with Gasteiger partial charge in [0.15, 0.2) is 0 Å². The van der Waals surface area contributed by atoms with Gasteiger partial charge in [0, 0.05) is 20.6 Å². The molecule has 6 heteroatoms. The molecule has 86 valence electrons. The molecule has 2 aromatic rings. The SMILES string of the molecule is NNC(Cc1cccs1)c1cc(Br)c(Br)s1. The lowest BCUT2D eigenvalue weighted by molar-refractivity contribution is 0.564. The number of rotatable bonds is 4. The molecule has 0 aliphatic heterocycles. The van der Waals surface area contributed by atoms with Gasteiger partial charge in [-0.2, -0.15) is 0 Å². The van der Waals surface area contributed by atoms with Gasteiger partial charge in [0.1, 0.15) is 0 Å². The predicted molar refractivity (Wildman–Crippen MR) is 77.8 cm³/mol. The molecule has 0 fully saturated rings. The molecule has 0 amide bonds. The van der Waals surface area contributed by atoms with Crippen LogP contribution in [0, 0.1) is 0 Å². The van der Waals surface area contributed by atoms with Crippen LogP contribution in [0.1, 0.15) is 15.8 Å². The Morgan fingerprint density at radius 3 is 2.75 bits per heavy atom. The summed E-state index contributed by atoms with van der Waals surface area (Å²) in [5.74, 6) is 5.61. The van der Waals surface area contributed by atoms with Gasteiger partial charge in [-0.3, -0.25) is 11.3 Å². The molecule has 0 saturated heterocycles. The van der Waals surface area contributed by atoms with Crippen LogP contribution in [-0.4, -0.2) is 0 Å². The molecule has 2 rings (SSSR count). The zero-order valence-corrected chi connectivity index (χ0v) is 13.0. The maximum Gasteiger partial charge on any atom is 0.0843 e. The summed E-state index contributed by atoms with van der Waals surface area (Å²) in [5, 5.41) is 2.09. The van der Waals surface area contributed by atoms with Gasteiger partial charge >= 0.3 is 0 Å². The van der Waals surface area contributed by atoms with Crippen LogP contribution in [0.5, 0.6) is 0 Å². The van der Waals surface area contributed by atoms with Crippen molar-refractivity contribution in [3.05, 3.63) is 41.6 Å². The monoisotopic (exact) mass is 380 g/mol. The van der Waals surface area contributed by atoms with E-state index in [2.05, 4.69) is 60.9 Å².